The number of benzene rings is 1. The summed E-state index contributed by atoms with van der Waals surface area (Å²) >= 11 is 6.10. The van der Waals surface area contributed by atoms with E-state index in [4.69, 9.17) is 11.6 Å². The highest BCUT2D eigenvalue weighted by Crippen LogP contribution is 2.27. The van der Waals surface area contributed by atoms with Crippen molar-refractivity contribution in [3.63, 3.8) is 0 Å². The lowest BCUT2D eigenvalue weighted by Crippen LogP contribution is -2.21. The maximum Gasteiger partial charge on any atom is 0.0453 e. The summed E-state index contributed by atoms with van der Waals surface area (Å²) in [7, 11) is 1.97. The Balaban J connectivity index is 0.00000169. The van der Waals surface area contributed by atoms with Crippen LogP contribution in [0.4, 0.5) is 0 Å². The van der Waals surface area contributed by atoms with Gasteiger partial charge in [-0.3, -0.25) is 0 Å². The zero-order valence-corrected chi connectivity index (χ0v) is 10.3. The van der Waals surface area contributed by atoms with Crippen LogP contribution >= 0.6 is 24.0 Å². The largest absolute Gasteiger partial charge is 0.313 e. The van der Waals surface area contributed by atoms with Crippen LogP contribution in [0.15, 0.2) is 24.3 Å². The molecule has 14 heavy (non-hydrogen) atoms. The van der Waals surface area contributed by atoms with Crippen molar-refractivity contribution in [2.24, 2.45) is 5.92 Å². The summed E-state index contributed by atoms with van der Waals surface area (Å²) in [6.07, 6.45) is 0. The molecule has 0 aliphatic carbocycles. The Hall–Kier alpha value is -0.240. The standard InChI is InChI=1S/C11H16ClN.ClH/c1-8(2)11(13-3)9-6-4-5-7-10(9)12;/h4-8,11,13H,1-3H3;1H. The first kappa shape index (κ1) is 13.8. The minimum Gasteiger partial charge on any atom is -0.313 e. The molecule has 1 N–H and O–H groups in total. The topological polar surface area (TPSA) is 12.0 Å². The molecule has 1 unspecified atom stereocenters. The summed E-state index contributed by atoms with van der Waals surface area (Å²) in [5.74, 6) is 0.546. The van der Waals surface area contributed by atoms with Crippen LogP contribution in [0, 0.1) is 5.92 Å². The molecule has 0 radical (unpaired) electrons. The van der Waals surface area contributed by atoms with E-state index in [0.717, 1.165) is 5.02 Å². The first-order chi connectivity index (χ1) is 6.16. The third-order valence-electron chi connectivity index (χ3n) is 2.22. The molecule has 1 aromatic carbocycles. The third kappa shape index (κ3) is 3.16. The van der Waals surface area contributed by atoms with Gasteiger partial charge in [0.25, 0.3) is 0 Å². The van der Waals surface area contributed by atoms with Crippen LogP contribution in [0.3, 0.4) is 0 Å². The average Bonchev–Trinajstić information content (AvgIpc) is 2.09. The lowest BCUT2D eigenvalue weighted by molar-refractivity contribution is 0.443. The molecule has 0 amide bonds. The number of nitrogens with one attached hydrogen (secondary N) is 1. The van der Waals surface area contributed by atoms with E-state index in [2.05, 4.69) is 25.2 Å². The van der Waals surface area contributed by atoms with Gasteiger partial charge in [0.05, 0.1) is 0 Å². The van der Waals surface area contributed by atoms with Gasteiger partial charge in [0.15, 0.2) is 0 Å². The van der Waals surface area contributed by atoms with E-state index in [-0.39, 0.29) is 12.4 Å². The molecule has 0 aromatic heterocycles. The highest BCUT2D eigenvalue weighted by atomic mass is 35.5. The second kappa shape index (κ2) is 6.28. The van der Waals surface area contributed by atoms with E-state index in [0.29, 0.717) is 12.0 Å². The molecule has 0 heterocycles. The van der Waals surface area contributed by atoms with Gasteiger partial charge in [-0.25, -0.2) is 0 Å². The molecule has 1 rings (SSSR count). The molecule has 0 aliphatic heterocycles. The summed E-state index contributed by atoms with van der Waals surface area (Å²) in [4.78, 5) is 0. The summed E-state index contributed by atoms with van der Waals surface area (Å²) in [5.41, 5.74) is 1.18. The smallest absolute Gasteiger partial charge is 0.0453 e. The van der Waals surface area contributed by atoms with E-state index < -0.39 is 0 Å². The van der Waals surface area contributed by atoms with Crippen molar-refractivity contribution < 1.29 is 0 Å². The molecule has 0 fully saturated rings. The molecule has 0 saturated carbocycles. The minimum atomic E-state index is 0. The second-order valence-corrected chi connectivity index (χ2v) is 3.94. The molecule has 80 valence electrons. The van der Waals surface area contributed by atoms with Crippen molar-refractivity contribution in [3.8, 4) is 0 Å². The summed E-state index contributed by atoms with van der Waals surface area (Å²) in [6, 6.07) is 8.33. The van der Waals surface area contributed by atoms with E-state index in [1.54, 1.807) is 0 Å². The molecule has 0 bridgehead atoms. The molecule has 1 nitrogen and oxygen atoms in total. The van der Waals surface area contributed by atoms with Gasteiger partial charge in [0.2, 0.25) is 0 Å². The van der Waals surface area contributed by atoms with E-state index >= 15 is 0 Å². The van der Waals surface area contributed by atoms with E-state index in [1.165, 1.54) is 5.56 Å². The summed E-state index contributed by atoms with van der Waals surface area (Å²) in [5, 5.41) is 4.12. The molecule has 0 saturated heterocycles. The first-order valence-corrected chi connectivity index (χ1v) is 4.96. The molecule has 1 atom stereocenters. The van der Waals surface area contributed by atoms with Crippen LogP contribution in [0.5, 0.6) is 0 Å². The van der Waals surface area contributed by atoms with Crippen molar-refractivity contribution in [1.29, 1.82) is 0 Å². The maximum atomic E-state index is 6.10. The fraction of sp³-hybridized carbons (Fsp3) is 0.455. The van der Waals surface area contributed by atoms with Gasteiger partial charge in [-0.15, -0.1) is 12.4 Å². The van der Waals surface area contributed by atoms with Crippen molar-refractivity contribution >= 4 is 24.0 Å². The molecule has 1 aromatic rings. The number of hydrogen-bond donors (Lipinski definition) is 1. The van der Waals surface area contributed by atoms with Crippen LogP contribution in [-0.4, -0.2) is 7.05 Å². The fourth-order valence-electron chi connectivity index (χ4n) is 1.58. The Morgan fingerprint density at radius 2 is 1.79 bits per heavy atom. The molecule has 3 heteroatoms. The predicted molar refractivity (Wildman–Crippen MR) is 65.3 cm³/mol. The zero-order valence-electron chi connectivity index (χ0n) is 8.75. The predicted octanol–water partition coefficient (Wildman–Crippen LogP) is 3.68. The molecule has 0 spiro atoms. The Bertz CT molecular complexity index is 274. The van der Waals surface area contributed by atoms with Crippen LogP contribution in [0.25, 0.3) is 0 Å². The van der Waals surface area contributed by atoms with Crippen molar-refractivity contribution in [3.05, 3.63) is 34.9 Å². The number of hydrogen-bond acceptors (Lipinski definition) is 1. The molecular formula is C11H17Cl2N. The second-order valence-electron chi connectivity index (χ2n) is 3.53. The maximum absolute atomic E-state index is 6.10. The Kier molecular flexibility index (Phi) is 6.17. The van der Waals surface area contributed by atoms with Crippen LogP contribution in [0.1, 0.15) is 25.5 Å². The third-order valence-corrected chi connectivity index (χ3v) is 2.56. The Morgan fingerprint density at radius 1 is 1.21 bits per heavy atom. The SMILES string of the molecule is CNC(c1ccccc1Cl)C(C)C.Cl. The van der Waals surface area contributed by atoms with Gasteiger partial charge in [0.1, 0.15) is 0 Å². The van der Waals surface area contributed by atoms with Gasteiger partial charge in [-0.2, -0.15) is 0 Å². The molecular weight excluding hydrogens is 217 g/mol. The highest BCUT2D eigenvalue weighted by Gasteiger charge is 2.15. The van der Waals surface area contributed by atoms with Crippen LogP contribution in [0.2, 0.25) is 5.02 Å². The number of halogens is 2. The van der Waals surface area contributed by atoms with Crippen LogP contribution < -0.4 is 5.32 Å². The van der Waals surface area contributed by atoms with Gasteiger partial charge in [0, 0.05) is 11.1 Å². The van der Waals surface area contributed by atoms with E-state index in [9.17, 15) is 0 Å². The monoisotopic (exact) mass is 233 g/mol. The normalized spacial score (nSPS) is 12.4. The first-order valence-electron chi connectivity index (χ1n) is 4.58. The number of rotatable bonds is 3. The average molecular weight is 234 g/mol. The molecule has 0 aliphatic rings. The highest BCUT2D eigenvalue weighted by molar-refractivity contribution is 6.31. The van der Waals surface area contributed by atoms with Crippen molar-refractivity contribution in [2.45, 2.75) is 19.9 Å². The van der Waals surface area contributed by atoms with Gasteiger partial charge < -0.3 is 5.32 Å². The fourth-order valence-corrected chi connectivity index (χ4v) is 1.83. The van der Waals surface area contributed by atoms with Crippen LogP contribution in [-0.2, 0) is 0 Å². The van der Waals surface area contributed by atoms with Gasteiger partial charge >= 0.3 is 0 Å². The van der Waals surface area contributed by atoms with Gasteiger partial charge in [-0.05, 0) is 24.6 Å². The quantitative estimate of drug-likeness (QED) is 0.841. The minimum absolute atomic E-state index is 0. The van der Waals surface area contributed by atoms with E-state index in [1.807, 2.05) is 25.2 Å². The zero-order chi connectivity index (χ0) is 9.84. The summed E-state index contributed by atoms with van der Waals surface area (Å²) in [6.45, 7) is 4.37. The Morgan fingerprint density at radius 3 is 2.21 bits per heavy atom. The van der Waals surface area contributed by atoms with Crippen molar-refractivity contribution in [2.75, 3.05) is 7.05 Å². The van der Waals surface area contributed by atoms with Crippen molar-refractivity contribution in [1.82, 2.24) is 5.32 Å². The Labute approximate surface area is 97.3 Å². The summed E-state index contributed by atoms with van der Waals surface area (Å²) < 4.78 is 0. The lowest BCUT2D eigenvalue weighted by Gasteiger charge is -2.21. The van der Waals surface area contributed by atoms with Gasteiger partial charge in [-0.1, -0.05) is 43.6 Å². The lowest BCUT2D eigenvalue weighted by atomic mass is 9.96.